The third-order valence-electron chi connectivity index (χ3n) is 3.17. The number of aromatic nitrogens is 2. The van der Waals surface area contributed by atoms with Crippen LogP contribution in [0.3, 0.4) is 0 Å². The summed E-state index contributed by atoms with van der Waals surface area (Å²) in [4.78, 5) is 15.5. The van der Waals surface area contributed by atoms with Crippen molar-refractivity contribution in [3.63, 3.8) is 0 Å². The lowest BCUT2D eigenvalue weighted by molar-refractivity contribution is -0.485. The zero-order chi connectivity index (χ0) is 14.0. The molecule has 0 aromatic carbocycles. The summed E-state index contributed by atoms with van der Waals surface area (Å²) in [5, 5.41) is 32.3. The molecule has 0 bridgehead atoms. The monoisotopic (exact) mass is 307 g/mol. The summed E-state index contributed by atoms with van der Waals surface area (Å²) in [6, 6.07) is 3.16. The van der Waals surface area contributed by atoms with Crippen molar-refractivity contribution in [1.82, 2.24) is 4.98 Å². The normalized spacial score (nSPS) is 11.8. The number of pyridine rings is 2. The van der Waals surface area contributed by atoms with E-state index in [1.165, 1.54) is 21.8 Å². The lowest BCUT2D eigenvalue weighted by atomic mass is 10.2. The second kappa shape index (κ2) is 3.62. The molecule has 8 heteroatoms. The molecule has 20 heavy (non-hydrogen) atoms. The molecular formula is C12H7N2O4S2+. The quantitative estimate of drug-likeness (QED) is 0.371. The fraction of sp³-hybridized carbons (Fsp3) is 0. The van der Waals surface area contributed by atoms with Crippen LogP contribution in [0, 0.1) is 0 Å². The summed E-state index contributed by atoms with van der Waals surface area (Å²) in [7, 11) is 0. The number of aromatic hydroxyl groups is 3. The van der Waals surface area contributed by atoms with Crippen molar-refractivity contribution in [2.45, 2.75) is 0 Å². The summed E-state index contributed by atoms with van der Waals surface area (Å²) in [6.45, 7) is 0. The van der Waals surface area contributed by atoms with Gasteiger partial charge < -0.3 is 20.3 Å². The maximum absolute atomic E-state index is 11.6. The summed E-state index contributed by atoms with van der Waals surface area (Å²) < 4.78 is 1.51. The van der Waals surface area contributed by atoms with E-state index in [0.29, 0.717) is 20.6 Å². The molecule has 0 aliphatic rings. The molecule has 100 valence electrons. The van der Waals surface area contributed by atoms with Gasteiger partial charge in [0.05, 0.1) is 16.3 Å². The Hall–Kier alpha value is -2.32. The van der Waals surface area contributed by atoms with Gasteiger partial charge in [-0.05, 0) is 22.8 Å². The molecular weight excluding hydrogens is 300 g/mol. The van der Waals surface area contributed by atoms with Gasteiger partial charge in [0.2, 0.25) is 0 Å². The molecule has 0 spiro atoms. The molecule has 4 N–H and O–H groups in total. The zero-order valence-corrected chi connectivity index (χ0v) is 11.4. The Morgan fingerprint density at radius 3 is 2.75 bits per heavy atom. The number of hydrogen-bond acceptors (Lipinski definition) is 6. The van der Waals surface area contributed by atoms with Crippen LogP contribution in [-0.2, 0) is 0 Å². The highest BCUT2D eigenvalue weighted by Gasteiger charge is 2.28. The van der Waals surface area contributed by atoms with Gasteiger partial charge in [0.15, 0.2) is 5.75 Å². The van der Waals surface area contributed by atoms with Crippen LogP contribution in [0.15, 0.2) is 22.3 Å². The van der Waals surface area contributed by atoms with Gasteiger partial charge in [-0.15, -0.1) is 0 Å². The van der Waals surface area contributed by atoms with E-state index in [1.807, 2.05) is 11.4 Å². The van der Waals surface area contributed by atoms with Crippen LogP contribution in [0.2, 0.25) is 0 Å². The summed E-state index contributed by atoms with van der Waals surface area (Å²) in [5.41, 5.74) is 0.00431. The van der Waals surface area contributed by atoms with Crippen LogP contribution >= 0.6 is 22.7 Å². The Balaban J connectivity index is 2.46. The van der Waals surface area contributed by atoms with Gasteiger partial charge in [-0.1, -0.05) is 15.7 Å². The molecule has 4 aromatic heterocycles. The van der Waals surface area contributed by atoms with Crippen LogP contribution in [0.5, 0.6) is 16.7 Å². The minimum absolute atomic E-state index is 0.210. The maximum atomic E-state index is 11.6. The first kappa shape index (κ1) is 11.5. The first-order valence-corrected chi connectivity index (χ1v) is 7.29. The Bertz CT molecular complexity index is 1060. The van der Waals surface area contributed by atoms with E-state index in [0.717, 1.165) is 16.7 Å². The molecule has 0 aliphatic heterocycles. The molecule has 0 saturated heterocycles. The molecule has 0 amide bonds. The molecule has 4 aromatic rings. The van der Waals surface area contributed by atoms with Gasteiger partial charge in [-0.25, -0.2) is 0 Å². The predicted octanol–water partition coefficient (Wildman–Crippen LogP) is 1.66. The maximum Gasteiger partial charge on any atom is 0.428 e. The summed E-state index contributed by atoms with van der Waals surface area (Å²) >= 11 is 2.37. The van der Waals surface area contributed by atoms with E-state index in [-0.39, 0.29) is 10.9 Å². The lowest BCUT2D eigenvalue weighted by Gasteiger charge is -1.98. The first-order chi connectivity index (χ1) is 9.58. The lowest BCUT2D eigenvalue weighted by Crippen LogP contribution is -2.20. The minimum Gasteiger partial charge on any atom is -0.503 e. The first-order valence-electron chi connectivity index (χ1n) is 5.59. The Labute approximate surface area is 118 Å². The van der Waals surface area contributed by atoms with E-state index < -0.39 is 11.3 Å². The molecule has 0 aliphatic carbocycles. The standard InChI is InChI=1S/C12H6N2O4S2/c15-6-3-5-7(13-8(6)16)4-1-2-19-10(4)14-9(17)12(18)20-11(5)14/h1-3,15,17-18H/p+1. The van der Waals surface area contributed by atoms with E-state index in [9.17, 15) is 20.1 Å². The van der Waals surface area contributed by atoms with Crippen LogP contribution in [0.25, 0.3) is 25.9 Å². The second-order valence-corrected chi connectivity index (χ2v) is 6.16. The molecule has 0 unspecified atom stereocenters. The molecule has 6 nitrogen and oxygen atoms in total. The molecule has 0 fully saturated rings. The number of nitrogens with zero attached hydrogens (tertiary/aromatic N) is 1. The predicted molar refractivity (Wildman–Crippen MR) is 76.0 cm³/mol. The summed E-state index contributed by atoms with van der Waals surface area (Å²) in [6.07, 6.45) is 0. The Morgan fingerprint density at radius 2 is 1.95 bits per heavy atom. The van der Waals surface area contributed by atoms with Gasteiger partial charge in [-0.2, -0.15) is 0 Å². The number of aromatic amines is 1. The van der Waals surface area contributed by atoms with E-state index in [4.69, 9.17) is 0 Å². The molecule has 4 heterocycles. The zero-order valence-electron chi connectivity index (χ0n) is 9.75. The molecule has 4 rings (SSSR count). The second-order valence-electron chi connectivity index (χ2n) is 4.28. The fourth-order valence-electron chi connectivity index (χ4n) is 2.30. The van der Waals surface area contributed by atoms with Crippen LogP contribution < -0.4 is 9.96 Å². The number of fused-ring (bicyclic) bond motifs is 6. The van der Waals surface area contributed by atoms with Crippen molar-refractivity contribution >= 4 is 48.6 Å². The SMILES string of the molecule is O=c1[nH]c2c3ccsc3[n+]3c(O)c(O)sc3c2cc1O. The smallest absolute Gasteiger partial charge is 0.428 e. The van der Waals surface area contributed by atoms with E-state index in [2.05, 4.69) is 4.98 Å². The number of thiazole rings is 1. The topological polar surface area (TPSA) is 97.7 Å². The van der Waals surface area contributed by atoms with E-state index >= 15 is 0 Å². The molecule has 0 saturated carbocycles. The van der Waals surface area contributed by atoms with Gasteiger partial charge in [0.1, 0.15) is 0 Å². The highest BCUT2D eigenvalue weighted by Crippen LogP contribution is 2.38. The van der Waals surface area contributed by atoms with Gasteiger partial charge in [-0.3, -0.25) is 4.79 Å². The third kappa shape index (κ3) is 1.27. The highest BCUT2D eigenvalue weighted by molar-refractivity contribution is 7.20. The average molecular weight is 307 g/mol. The molecule has 0 radical (unpaired) electrons. The van der Waals surface area contributed by atoms with Gasteiger partial charge in [0, 0.05) is 6.07 Å². The van der Waals surface area contributed by atoms with Crippen LogP contribution in [-0.4, -0.2) is 20.3 Å². The third-order valence-corrected chi connectivity index (χ3v) is 5.04. The average Bonchev–Trinajstić information content (AvgIpc) is 2.98. The number of thiophene rings is 1. The number of nitrogens with one attached hydrogen (secondary N) is 1. The van der Waals surface area contributed by atoms with Gasteiger partial charge in [0.25, 0.3) is 20.3 Å². The number of hydrogen-bond donors (Lipinski definition) is 4. The van der Waals surface area contributed by atoms with Crippen molar-refractivity contribution < 1.29 is 19.7 Å². The minimum atomic E-state index is -0.570. The largest absolute Gasteiger partial charge is 0.503 e. The van der Waals surface area contributed by atoms with E-state index in [1.54, 1.807) is 0 Å². The fourth-order valence-corrected chi connectivity index (χ4v) is 4.18. The van der Waals surface area contributed by atoms with Crippen molar-refractivity contribution in [2.24, 2.45) is 0 Å². The molecule has 0 atom stereocenters. The Morgan fingerprint density at radius 1 is 1.15 bits per heavy atom. The number of rotatable bonds is 0. The number of H-pyrrole nitrogens is 1. The highest BCUT2D eigenvalue weighted by atomic mass is 32.1. The van der Waals surface area contributed by atoms with Crippen molar-refractivity contribution in [1.29, 1.82) is 0 Å². The van der Waals surface area contributed by atoms with Crippen molar-refractivity contribution in [3.8, 4) is 16.7 Å². The Kier molecular flexibility index (Phi) is 2.08. The summed E-state index contributed by atoms with van der Waals surface area (Å²) in [5.74, 6) is -0.647. The van der Waals surface area contributed by atoms with Crippen molar-refractivity contribution in [2.75, 3.05) is 0 Å². The van der Waals surface area contributed by atoms with Crippen molar-refractivity contribution in [3.05, 3.63) is 27.9 Å². The van der Waals surface area contributed by atoms with Crippen LogP contribution in [0.4, 0.5) is 0 Å². The van der Waals surface area contributed by atoms with Gasteiger partial charge >= 0.3 is 5.88 Å². The van der Waals surface area contributed by atoms with Crippen LogP contribution in [0.1, 0.15) is 0 Å².